The number of rotatable bonds is 1. The summed E-state index contributed by atoms with van der Waals surface area (Å²) in [4.78, 5) is 3.57. The molecule has 0 amide bonds. The molecule has 0 radical (unpaired) electrons. The van der Waals surface area contributed by atoms with E-state index in [1.54, 1.807) is 0 Å². The Bertz CT molecular complexity index is 306. The number of hydrogen-bond acceptors (Lipinski definition) is 1. The highest BCUT2D eigenvalue weighted by molar-refractivity contribution is 9.10. The first-order valence-corrected chi connectivity index (χ1v) is 4.37. The average Bonchev–Trinajstić information content (AvgIpc) is 1.96. The zero-order chi connectivity index (χ0) is 9.30. The highest BCUT2D eigenvalue weighted by Gasteiger charge is 2.15. The van der Waals surface area contributed by atoms with E-state index in [4.69, 9.17) is 23.2 Å². The zero-order valence-electron chi connectivity index (χ0n) is 5.49. The van der Waals surface area contributed by atoms with Crippen molar-refractivity contribution in [1.29, 1.82) is 0 Å². The van der Waals surface area contributed by atoms with Crippen LogP contribution < -0.4 is 0 Å². The first-order chi connectivity index (χ1) is 5.52. The van der Waals surface area contributed by atoms with Gasteiger partial charge in [0.15, 0.2) is 0 Å². The van der Waals surface area contributed by atoms with Crippen molar-refractivity contribution >= 4 is 39.1 Å². The predicted octanol–water partition coefficient (Wildman–Crippen LogP) is 4.09. The molecule has 0 atom stereocenters. The van der Waals surface area contributed by atoms with Crippen LogP contribution in [0, 0.1) is 0 Å². The largest absolute Gasteiger partial charge is 0.265 e. The Morgan fingerprint density at radius 2 is 2.00 bits per heavy atom. The molecule has 0 saturated heterocycles. The van der Waals surface area contributed by atoms with Gasteiger partial charge in [-0.25, -0.2) is 13.8 Å². The SMILES string of the molecule is FC(F)c1cc(Cl)nc(Cl)c1Br. The number of hydrogen-bond donors (Lipinski definition) is 0. The molecule has 0 unspecified atom stereocenters. The summed E-state index contributed by atoms with van der Waals surface area (Å²) in [5, 5.41) is -0.101. The number of aromatic nitrogens is 1. The van der Waals surface area contributed by atoms with Gasteiger partial charge in [0.25, 0.3) is 6.43 Å². The Balaban J connectivity index is 3.28. The second-order valence-corrected chi connectivity index (χ2v) is 3.48. The van der Waals surface area contributed by atoms with Crippen LogP contribution in [0.2, 0.25) is 10.3 Å². The first kappa shape index (κ1) is 10.2. The quantitative estimate of drug-likeness (QED) is 0.704. The second kappa shape index (κ2) is 3.85. The summed E-state index contributed by atoms with van der Waals surface area (Å²) >= 11 is 13.8. The number of pyridine rings is 1. The van der Waals surface area contributed by atoms with Gasteiger partial charge in [-0.2, -0.15) is 0 Å². The minimum Gasteiger partial charge on any atom is -0.223 e. The molecule has 0 fully saturated rings. The van der Waals surface area contributed by atoms with Gasteiger partial charge in [-0.1, -0.05) is 23.2 Å². The number of nitrogens with zero attached hydrogens (tertiary/aromatic N) is 1. The van der Waals surface area contributed by atoms with Crippen LogP contribution in [-0.4, -0.2) is 4.98 Å². The summed E-state index contributed by atoms with van der Waals surface area (Å²) in [5.41, 5.74) is -0.250. The third kappa shape index (κ3) is 2.06. The van der Waals surface area contributed by atoms with Crippen molar-refractivity contribution in [2.45, 2.75) is 6.43 Å². The van der Waals surface area contributed by atoms with Gasteiger partial charge < -0.3 is 0 Å². The van der Waals surface area contributed by atoms with E-state index in [-0.39, 0.29) is 20.3 Å². The standard InChI is InChI=1S/C6H2BrCl2F2N/c7-4-2(6(10)11)1-3(8)12-5(4)9/h1,6H. The van der Waals surface area contributed by atoms with Crippen molar-refractivity contribution in [3.8, 4) is 0 Å². The fraction of sp³-hybridized carbons (Fsp3) is 0.167. The average molecular weight is 277 g/mol. The Labute approximate surface area is 85.8 Å². The van der Waals surface area contributed by atoms with E-state index in [1.807, 2.05) is 0 Å². The summed E-state index contributed by atoms with van der Waals surface area (Å²) in [5.74, 6) is 0. The van der Waals surface area contributed by atoms with Gasteiger partial charge in [0, 0.05) is 5.56 Å². The van der Waals surface area contributed by atoms with Gasteiger partial charge in [0.1, 0.15) is 10.3 Å². The molecule has 1 nitrogen and oxygen atoms in total. The van der Waals surface area contributed by atoms with Crippen molar-refractivity contribution in [3.63, 3.8) is 0 Å². The van der Waals surface area contributed by atoms with Gasteiger partial charge in [-0.05, 0) is 22.0 Å². The van der Waals surface area contributed by atoms with E-state index < -0.39 is 6.43 Å². The monoisotopic (exact) mass is 275 g/mol. The van der Waals surface area contributed by atoms with Crippen LogP contribution in [0.5, 0.6) is 0 Å². The molecule has 0 saturated carbocycles. The molecule has 12 heavy (non-hydrogen) atoms. The Morgan fingerprint density at radius 1 is 1.42 bits per heavy atom. The van der Waals surface area contributed by atoms with E-state index in [9.17, 15) is 8.78 Å². The lowest BCUT2D eigenvalue weighted by molar-refractivity contribution is 0.150. The lowest BCUT2D eigenvalue weighted by atomic mass is 10.3. The predicted molar refractivity (Wildman–Crippen MR) is 46.9 cm³/mol. The van der Waals surface area contributed by atoms with Crippen LogP contribution in [0.1, 0.15) is 12.0 Å². The van der Waals surface area contributed by atoms with Crippen LogP contribution in [0.15, 0.2) is 10.5 Å². The number of alkyl halides is 2. The summed E-state index contributed by atoms with van der Waals surface area (Å²) in [7, 11) is 0. The zero-order valence-corrected chi connectivity index (χ0v) is 8.59. The lowest BCUT2D eigenvalue weighted by Crippen LogP contribution is -1.90. The van der Waals surface area contributed by atoms with Gasteiger partial charge >= 0.3 is 0 Å². The molecule has 66 valence electrons. The molecule has 0 bridgehead atoms. The molecule has 0 aliphatic rings. The third-order valence-corrected chi connectivity index (χ3v) is 2.68. The van der Waals surface area contributed by atoms with Crippen molar-refractivity contribution in [2.24, 2.45) is 0 Å². The van der Waals surface area contributed by atoms with Crippen molar-refractivity contribution in [1.82, 2.24) is 4.98 Å². The van der Waals surface area contributed by atoms with Gasteiger partial charge in [0.2, 0.25) is 0 Å². The maximum atomic E-state index is 12.2. The van der Waals surface area contributed by atoms with Crippen molar-refractivity contribution in [3.05, 3.63) is 26.4 Å². The summed E-state index contributed by atoms with van der Waals surface area (Å²) in [6, 6.07) is 1.07. The smallest absolute Gasteiger partial charge is 0.223 e. The lowest BCUT2D eigenvalue weighted by Gasteiger charge is -2.04. The maximum Gasteiger partial charge on any atom is 0.265 e. The number of halogens is 5. The van der Waals surface area contributed by atoms with E-state index >= 15 is 0 Å². The molecular formula is C6H2BrCl2F2N. The Hall–Kier alpha value is 0.0700. The molecule has 0 aliphatic heterocycles. The fourth-order valence-corrected chi connectivity index (χ4v) is 1.47. The van der Waals surface area contributed by atoms with Crippen LogP contribution >= 0.6 is 39.1 Å². The summed E-state index contributed by atoms with van der Waals surface area (Å²) < 4.78 is 24.5. The highest BCUT2D eigenvalue weighted by Crippen LogP contribution is 2.33. The molecule has 1 heterocycles. The Morgan fingerprint density at radius 3 is 2.50 bits per heavy atom. The molecule has 0 aliphatic carbocycles. The molecule has 0 spiro atoms. The van der Waals surface area contributed by atoms with Crippen molar-refractivity contribution in [2.75, 3.05) is 0 Å². The van der Waals surface area contributed by atoms with Crippen molar-refractivity contribution < 1.29 is 8.78 Å². The van der Waals surface area contributed by atoms with E-state index in [0.717, 1.165) is 6.07 Å². The summed E-state index contributed by atoms with van der Waals surface area (Å²) in [6.07, 6.45) is -2.61. The molecule has 0 aromatic carbocycles. The molecule has 1 aromatic rings. The maximum absolute atomic E-state index is 12.2. The summed E-state index contributed by atoms with van der Waals surface area (Å²) in [6.45, 7) is 0. The van der Waals surface area contributed by atoms with Crippen LogP contribution in [0.3, 0.4) is 0 Å². The van der Waals surface area contributed by atoms with Crippen LogP contribution in [0.25, 0.3) is 0 Å². The van der Waals surface area contributed by atoms with E-state index in [1.165, 1.54) is 0 Å². The second-order valence-electron chi connectivity index (χ2n) is 1.94. The van der Waals surface area contributed by atoms with Crippen LogP contribution in [-0.2, 0) is 0 Å². The first-order valence-electron chi connectivity index (χ1n) is 2.82. The Kier molecular flexibility index (Phi) is 3.26. The minimum absolute atomic E-state index is 0.0431. The minimum atomic E-state index is -2.61. The van der Waals surface area contributed by atoms with E-state index in [0.29, 0.717) is 0 Å². The highest BCUT2D eigenvalue weighted by atomic mass is 79.9. The molecule has 1 aromatic heterocycles. The van der Waals surface area contributed by atoms with Crippen LogP contribution in [0.4, 0.5) is 8.78 Å². The van der Waals surface area contributed by atoms with E-state index in [2.05, 4.69) is 20.9 Å². The molecule has 6 heteroatoms. The van der Waals surface area contributed by atoms with Gasteiger partial charge in [-0.15, -0.1) is 0 Å². The third-order valence-electron chi connectivity index (χ3n) is 1.15. The topological polar surface area (TPSA) is 12.9 Å². The molecular weight excluding hydrogens is 275 g/mol. The molecule has 0 N–H and O–H groups in total. The van der Waals surface area contributed by atoms with Gasteiger partial charge in [0.05, 0.1) is 4.47 Å². The van der Waals surface area contributed by atoms with Gasteiger partial charge in [-0.3, -0.25) is 0 Å². The fourth-order valence-electron chi connectivity index (χ4n) is 0.645. The molecule has 1 rings (SSSR count). The normalized spacial score (nSPS) is 10.8.